The smallest absolute Gasteiger partial charge is 0.342 e. The molecular weight excluding hydrogens is 680 g/mol. The maximum Gasteiger partial charge on any atom is 0.342 e. The summed E-state index contributed by atoms with van der Waals surface area (Å²) in [5.74, 6) is -1.74. The van der Waals surface area contributed by atoms with Crippen molar-refractivity contribution < 1.29 is 48.2 Å². The lowest BCUT2D eigenvalue weighted by molar-refractivity contribution is -0.145. The molecule has 4 rings (SSSR count). The number of nitrogens with zero attached hydrogens (tertiary/aromatic N) is 4. The van der Waals surface area contributed by atoms with E-state index in [2.05, 4.69) is 25.1 Å². The summed E-state index contributed by atoms with van der Waals surface area (Å²) in [7, 11) is -2.89. The van der Waals surface area contributed by atoms with Gasteiger partial charge in [0.1, 0.15) is 29.9 Å². The van der Waals surface area contributed by atoms with Crippen LogP contribution in [0.1, 0.15) is 39.8 Å². The van der Waals surface area contributed by atoms with Crippen molar-refractivity contribution in [2.45, 2.75) is 69.7 Å². The van der Waals surface area contributed by atoms with Gasteiger partial charge in [-0.1, -0.05) is 0 Å². The van der Waals surface area contributed by atoms with Gasteiger partial charge in [-0.25, -0.2) is 15.2 Å². The summed E-state index contributed by atoms with van der Waals surface area (Å²) in [4.78, 5) is 36.4. The fraction of sp³-hybridized carbons (Fsp3) is 0.682. The standard InChI is InChI=1S/C22H33IN7O10P/c1-9(17(32)33)28-41(36,29-10(2)18(34)38-7-11-5-6-11)39-8-12-14(31)22(3,35)19(40-12)30-15-13(25-20(30)23)16(37-4)27-21(24)26-15/h9-12,14,19,31,35H,5-8H2,1-4H3,(H,32,33)(H2,24,26,27)(H2,28,29,36)/t9?,10?,12-,14-,19-,22-,41?/m1/s1. The van der Waals surface area contributed by atoms with Crippen molar-refractivity contribution in [3.05, 3.63) is 3.83 Å². The summed E-state index contributed by atoms with van der Waals surface area (Å²) in [6, 6.07) is -2.47. The first-order valence-corrected chi connectivity index (χ1v) is 15.4. The molecule has 2 aromatic rings. The van der Waals surface area contributed by atoms with Gasteiger partial charge in [0.05, 0.1) is 20.3 Å². The minimum atomic E-state index is -4.27. The lowest BCUT2D eigenvalue weighted by atomic mass is 9.96. The molecule has 1 aliphatic heterocycles. The fourth-order valence-electron chi connectivity index (χ4n) is 4.16. The van der Waals surface area contributed by atoms with E-state index in [1.807, 2.05) is 22.6 Å². The van der Waals surface area contributed by atoms with Crippen LogP contribution >= 0.6 is 30.3 Å². The van der Waals surface area contributed by atoms with Gasteiger partial charge in [-0.2, -0.15) is 9.97 Å². The Hall–Kier alpha value is -2.19. The molecular formula is C22H33IN7O10P. The van der Waals surface area contributed by atoms with Gasteiger partial charge in [-0.15, -0.1) is 0 Å². The SMILES string of the molecule is COc1nc(N)nc2c1nc(I)n2[C@@H]1O[C@H](COP(=O)(NC(C)C(=O)O)NC(C)C(=O)OCC2CC2)[C@@H](O)[C@@]1(C)O. The summed E-state index contributed by atoms with van der Waals surface area (Å²) in [6.45, 7) is 3.62. The van der Waals surface area contributed by atoms with Crippen molar-refractivity contribution in [2.75, 3.05) is 26.1 Å². The molecule has 228 valence electrons. The summed E-state index contributed by atoms with van der Waals surface area (Å²) >= 11 is 1.89. The third-order valence-electron chi connectivity index (χ3n) is 6.69. The lowest BCUT2D eigenvalue weighted by Gasteiger charge is -2.28. The van der Waals surface area contributed by atoms with Crippen LogP contribution in [-0.2, 0) is 28.2 Å². The number of hydrogen-bond acceptors (Lipinski definition) is 13. The predicted octanol–water partition coefficient (Wildman–Crippen LogP) is 0.150. The molecule has 7 N–H and O–H groups in total. The molecule has 7 atom stereocenters. The number of hydrogen-bond donors (Lipinski definition) is 6. The van der Waals surface area contributed by atoms with E-state index in [1.54, 1.807) is 0 Å². The minimum absolute atomic E-state index is 0.0950. The number of aliphatic hydroxyl groups excluding tert-OH is 1. The maximum atomic E-state index is 13.7. The van der Waals surface area contributed by atoms with Crippen molar-refractivity contribution >= 4 is 59.3 Å². The second kappa shape index (κ2) is 12.2. The number of carbonyl (C=O) groups is 2. The van der Waals surface area contributed by atoms with Crippen molar-refractivity contribution in [1.82, 2.24) is 29.7 Å². The van der Waals surface area contributed by atoms with Crippen LogP contribution in [0.5, 0.6) is 5.88 Å². The highest BCUT2D eigenvalue weighted by Gasteiger charge is 2.54. The second-order valence-electron chi connectivity index (χ2n) is 10.2. The number of imidazole rings is 1. The van der Waals surface area contributed by atoms with E-state index in [9.17, 15) is 29.5 Å². The van der Waals surface area contributed by atoms with Gasteiger partial charge in [0.15, 0.2) is 21.2 Å². The Morgan fingerprint density at radius 3 is 2.51 bits per heavy atom. The normalized spacial score (nSPS) is 27.3. The highest BCUT2D eigenvalue weighted by atomic mass is 127. The summed E-state index contributed by atoms with van der Waals surface area (Å²) < 4.78 is 37.4. The van der Waals surface area contributed by atoms with E-state index in [4.69, 9.17) is 24.5 Å². The molecule has 41 heavy (non-hydrogen) atoms. The fourth-order valence-corrected chi connectivity index (χ4v) is 6.70. The molecule has 0 spiro atoms. The maximum absolute atomic E-state index is 13.7. The van der Waals surface area contributed by atoms with E-state index < -0.39 is 62.3 Å². The molecule has 1 saturated carbocycles. The molecule has 17 nitrogen and oxygen atoms in total. The van der Waals surface area contributed by atoms with Crippen LogP contribution in [0, 0.1) is 9.75 Å². The monoisotopic (exact) mass is 713 g/mol. The van der Waals surface area contributed by atoms with Gasteiger partial charge >= 0.3 is 19.6 Å². The molecule has 0 bridgehead atoms. The summed E-state index contributed by atoms with van der Waals surface area (Å²) in [5, 5.41) is 36.5. The number of ether oxygens (including phenoxy) is 3. The number of carboxylic acid groups (broad SMARTS) is 1. The number of anilines is 1. The van der Waals surface area contributed by atoms with Crippen LogP contribution in [-0.4, -0.2) is 97.0 Å². The molecule has 2 fully saturated rings. The number of aliphatic hydroxyl groups is 2. The zero-order valence-electron chi connectivity index (χ0n) is 22.7. The Morgan fingerprint density at radius 2 is 1.90 bits per heavy atom. The second-order valence-corrected chi connectivity index (χ2v) is 13.0. The van der Waals surface area contributed by atoms with Crippen LogP contribution in [0.15, 0.2) is 0 Å². The number of aliphatic carboxylic acids is 1. The number of carbonyl (C=O) groups excluding carboxylic acids is 1. The number of aromatic nitrogens is 4. The van der Waals surface area contributed by atoms with Crippen LogP contribution in [0.25, 0.3) is 11.2 Å². The van der Waals surface area contributed by atoms with E-state index in [0.717, 1.165) is 12.8 Å². The topological polar surface area (TPSA) is 242 Å². The summed E-state index contributed by atoms with van der Waals surface area (Å²) in [5.41, 5.74) is 4.28. The van der Waals surface area contributed by atoms with E-state index in [0.29, 0.717) is 9.75 Å². The van der Waals surface area contributed by atoms with Crippen molar-refractivity contribution in [1.29, 1.82) is 0 Å². The average molecular weight is 713 g/mol. The van der Waals surface area contributed by atoms with Crippen LogP contribution < -0.4 is 20.6 Å². The number of carboxylic acids is 1. The highest BCUT2D eigenvalue weighted by molar-refractivity contribution is 14.1. The zero-order valence-corrected chi connectivity index (χ0v) is 25.7. The van der Waals surface area contributed by atoms with Crippen LogP contribution in [0.2, 0.25) is 0 Å². The summed E-state index contributed by atoms with van der Waals surface area (Å²) in [6.07, 6.45) is -2.18. The molecule has 0 amide bonds. The van der Waals surface area contributed by atoms with Crippen LogP contribution in [0.3, 0.4) is 0 Å². The lowest BCUT2D eigenvalue weighted by Crippen LogP contribution is -2.45. The molecule has 1 aliphatic carbocycles. The number of fused-ring (bicyclic) bond motifs is 1. The van der Waals surface area contributed by atoms with Crippen LogP contribution in [0.4, 0.5) is 5.95 Å². The highest BCUT2D eigenvalue weighted by Crippen LogP contribution is 2.45. The van der Waals surface area contributed by atoms with Crippen molar-refractivity contribution in [2.24, 2.45) is 5.92 Å². The molecule has 0 radical (unpaired) electrons. The minimum Gasteiger partial charge on any atom is -0.480 e. The van der Waals surface area contributed by atoms with Crippen molar-refractivity contribution in [3.63, 3.8) is 0 Å². The van der Waals surface area contributed by atoms with Crippen molar-refractivity contribution in [3.8, 4) is 5.88 Å². The Morgan fingerprint density at radius 1 is 1.24 bits per heavy atom. The van der Waals surface area contributed by atoms with Gasteiger partial charge in [-0.05, 0) is 39.5 Å². The first-order chi connectivity index (χ1) is 19.2. The molecule has 2 aromatic heterocycles. The van der Waals surface area contributed by atoms with Gasteiger partial charge in [-0.3, -0.25) is 18.7 Å². The predicted molar refractivity (Wildman–Crippen MR) is 150 cm³/mol. The number of halogens is 1. The van der Waals surface area contributed by atoms with E-state index in [1.165, 1.54) is 32.4 Å². The Balaban J connectivity index is 1.54. The molecule has 3 heterocycles. The van der Waals surface area contributed by atoms with Gasteiger partial charge in [0.2, 0.25) is 11.8 Å². The molecule has 3 unspecified atom stereocenters. The molecule has 0 aromatic carbocycles. The van der Waals surface area contributed by atoms with E-state index >= 15 is 0 Å². The Bertz CT molecular complexity index is 1360. The third kappa shape index (κ3) is 6.90. The Kier molecular flexibility index (Phi) is 9.44. The molecule has 19 heteroatoms. The quantitative estimate of drug-likeness (QED) is 0.0701. The number of rotatable bonds is 13. The molecule has 1 saturated heterocycles. The largest absolute Gasteiger partial charge is 0.480 e. The number of nitrogens with one attached hydrogen (secondary N) is 2. The van der Waals surface area contributed by atoms with E-state index in [-0.39, 0.29) is 29.6 Å². The number of nitrogen functional groups attached to an aromatic ring is 1. The molecule has 2 aliphatic rings. The first kappa shape index (κ1) is 31.7. The van der Waals surface area contributed by atoms with Gasteiger partial charge in [0.25, 0.3) is 0 Å². The zero-order chi connectivity index (χ0) is 30.3. The van der Waals surface area contributed by atoms with Gasteiger partial charge in [0, 0.05) is 22.6 Å². The Labute approximate surface area is 248 Å². The first-order valence-electron chi connectivity index (χ1n) is 12.7. The number of esters is 1. The van der Waals surface area contributed by atoms with Gasteiger partial charge < -0.3 is 39.8 Å². The number of nitrogens with two attached hydrogens (primary N) is 1. The average Bonchev–Trinajstić information content (AvgIpc) is 3.63. The third-order valence-corrected chi connectivity index (χ3v) is 9.42. The number of methoxy groups -OCH3 is 1.